The molecule has 3 fully saturated rings. The van der Waals surface area contributed by atoms with Gasteiger partial charge < -0.3 is 0 Å². The average molecular weight is 585 g/mol. The van der Waals surface area contributed by atoms with Crippen molar-refractivity contribution in [3.8, 4) is 0 Å². The molecule has 0 atom stereocenters. The first kappa shape index (κ1) is 28.9. The minimum Gasteiger partial charge on any atom is -0.272 e. The highest BCUT2D eigenvalue weighted by Crippen LogP contribution is 2.78. The lowest BCUT2D eigenvalue weighted by molar-refractivity contribution is -0.0367. The molecule has 2 aromatic rings. The fourth-order valence-corrected chi connectivity index (χ4v) is 51.2. The van der Waals surface area contributed by atoms with Gasteiger partial charge in [0, 0.05) is 22.2 Å². The Balaban J connectivity index is 1.62. The van der Waals surface area contributed by atoms with Crippen LogP contribution in [0.25, 0.3) is 0 Å². The van der Waals surface area contributed by atoms with Gasteiger partial charge >= 0.3 is 13.4 Å². The molecule has 3 saturated heterocycles. The zero-order chi connectivity index (χ0) is 28.1. The van der Waals surface area contributed by atoms with E-state index in [1.807, 2.05) is 0 Å². The first-order valence-corrected chi connectivity index (χ1v) is 22.4. The Morgan fingerprint density at radius 3 is 0.895 bits per heavy atom. The van der Waals surface area contributed by atoms with Gasteiger partial charge in [0.1, 0.15) is 0 Å². The second-order valence-electron chi connectivity index (χ2n) is 15.0. The van der Waals surface area contributed by atoms with Crippen LogP contribution in [0.4, 0.5) is 0 Å². The Morgan fingerprint density at radius 1 is 0.447 bits per heavy atom. The van der Waals surface area contributed by atoms with Crippen LogP contribution in [0.3, 0.4) is 0 Å². The molecule has 8 heteroatoms. The number of hydrogen-bond acceptors (Lipinski definition) is 6. The molecule has 3 heterocycles. The topological polar surface area (TPSA) is 13.0 Å². The third kappa shape index (κ3) is 4.24. The van der Waals surface area contributed by atoms with Gasteiger partial charge in [-0.05, 0) is 94.2 Å². The van der Waals surface area contributed by atoms with Crippen LogP contribution < -0.4 is 0 Å². The van der Waals surface area contributed by atoms with Gasteiger partial charge in [-0.1, -0.05) is 60.7 Å². The highest BCUT2D eigenvalue weighted by atomic mass is 32.9. The minimum atomic E-state index is -2.06. The molecule has 5 rings (SSSR count). The van der Waals surface area contributed by atoms with Crippen molar-refractivity contribution in [2.45, 2.75) is 118 Å². The molecule has 38 heavy (non-hydrogen) atoms. The van der Waals surface area contributed by atoms with Crippen molar-refractivity contribution < 1.29 is 0 Å². The maximum Gasteiger partial charge on any atom is 0.335 e. The van der Waals surface area contributed by atoms with Crippen LogP contribution in [0.1, 0.15) is 107 Å². The van der Waals surface area contributed by atoms with Crippen LogP contribution >= 0.6 is 21.3 Å². The summed E-state index contributed by atoms with van der Waals surface area (Å²) in [6.07, 6.45) is 0.649. The molecule has 0 radical (unpaired) electrons. The third-order valence-electron chi connectivity index (χ3n) is 7.81. The van der Waals surface area contributed by atoms with E-state index >= 15 is 0 Å². The van der Waals surface area contributed by atoms with E-state index in [9.17, 15) is 0 Å². The number of benzene rings is 2. The van der Waals surface area contributed by atoms with Crippen molar-refractivity contribution in [1.29, 1.82) is 0 Å². The molecule has 208 valence electrons. The van der Waals surface area contributed by atoms with Gasteiger partial charge in [-0.15, -0.1) is 21.3 Å². The molecule has 0 N–H and O–H groups in total. The maximum absolute atomic E-state index is 2.95. The Kier molecular flexibility index (Phi) is 6.82. The van der Waals surface area contributed by atoms with Gasteiger partial charge in [0.2, 0.25) is 0 Å². The van der Waals surface area contributed by atoms with Crippen molar-refractivity contribution in [3.05, 3.63) is 71.8 Å². The maximum atomic E-state index is 2.95. The first-order valence-electron chi connectivity index (χ1n) is 14.0. The Hall–Kier alpha value is -0.586. The second-order valence-corrected chi connectivity index (χ2v) is 32.8. The zero-order valence-corrected chi connectivity index (χ0v) is 29.2. The lowest BCUT2D eigenvalue weighted by atomic mass is 10.0. The van der Waals surface area contributed by atoms with Gasteiger partial charge in [0.05, 0.1) is 12.3 Å². The Bertz CT molecular complexity index is 1020. The predicted octanol–water partition coefficient (Wildman–Crippen LogP) is 8.16. The van der Waals surface area contributed by atoms with Gasteiger partial charge in [-0.3, -0.25) is 18.3 Å². The Morgan fingerprint density at radius 2 is 0.684 bits per heavy atom. The molecule has 2 spiro atoms. The van der Waals surface area contributed by atoms with Crippen molar-refractivity contribution in [1.82, 2.24) is 18.3 Å². The summed E-state index contributed by atoms with van der Waals surface area (Å²) in [6.45, 7) is 25.1. The number of hydrogen-bond donors (Lipinski definition) is 0. The molecule has 0 aromatic heterocycles. The summed E-state index contributed by atoms with van der Waals surface area (Å²) in [5.74, 6) is 0. The monoisotopic (exact) mass is 584 g/mol. The molecule has 4 nitrogen and oxygen atoms in total. The van der Waals surface area contributed by atoms with E-state index in [4.69, 9.17) is 0 Å². The van der Waals surface area contributed by atoms with E-state index in [2.05, 4.69) is 183 Å². The molecular formula is C30H48N4S2Si2. The highest BCUT2D eigenvalue weighted by molar-refractivity contribution is 8.97. The van der Waals surface area contributed by atoms with Crippen molar-refractivity contribution >= 4 is 34.7 Å². The molecule has 3 aliphatic heterocycles. The quantitative estimate of drug-likeness (QED) is 0.328. The van der Waals surface area contributed by atoms with Crippen LogP contribution in [0.15, 0.2) is 60.7 Å². The van der Waals surface area contributed by atoms with Crippen molar-refractivity contribution in [3.63, 3.8) is 0 Å². The standard InChI is InChI=1S/C30H48N4S2Si2/c1-27(2,3)31-25(23-19-15-13-16-20-23)32(28(4,5)6)37(31)35-38(36-37)33(29(7,8)9)26(34(38)30(10,11)12)24-21-17-14-18-22-24/h13-22,25-26H,1-12H3. The summed E-state index contributed by atoms with van der Waals surface area (Å²) < 4.78 is 11.8. The molecule has 3 aliphatic rings. The number of nitrogens with zero attached hydrogens (tertiary/aromatic N) is 4. The second kappa shape index (κ2) is 8.95. The average Bonchev–Trinajstić information content (AvgIpc) is 2.68. The van der Waals surface area contributed by atoms with Gasteiger partial charge in [-0.25, -0.2) is 0 Å². The summed E-state index contributed by atoms with van der Waals surface area (Å²) in [7, 11) is 4.87. The van der Waals surface area contributed by atoms with Crippen molar-refractivity contribution in [2.24, 2.45) is 0 Å². The summed E-state index contributed by atoms with van der Waals surface area (Å²) in [6, 6.07) is 22.5. The Labute approximate surface area is 241 Å². The van der Waals surface area contributed by atoms with Crippen LogP contribution in [-0.2, 0) is 0 Å². The fourth-order valence-electron chi connectivity index (χ4n) is 6.73. The van der Waals surface area contributed by atoms with Crippen LogP contribution in [0.2, 0.25) is 0 Å². The highest BCUT2D eigenvalue weighted by Gasteiger charge is 2.86. The molecule has 0 aliphatic carbocycles. The summed E-state index contributed by atoms with van der Waals surface area (Å²) in [5, 5.41) is 0. The van der Waals surface area contributed by atoms with E-state index < -0.39 is 13.4 Å². The van der Waals surface area contributed by atoms with Gasteiger partial charge in [-0.2, -0.15) is 0 Å². The predicted molar refractivity (Wildman–Crippen MR) is 171 cm³/mol. The summed E-state index contributed by atoms with van der Waals surface area (Å²) >= 11 is 0. The molecule has 0 unspecified atom stereocenters. The van der Waals surface area contributed by atoms with E-state index in [1.165, 1.54) is 11.1 Å². The fraction of sp³-hybridized carbons (Fsp3) is 0.600. The third-order valence-corrected chi connectivity index (χ3v) is 41.5. The molecule has 2 aromatic carbocycles. The summed E-state index contributed by atoms with van der Waals surface area (Å²) in [4.78, 5) is 0. The van der Waals surface area contributed by atoms with Crippen LogP contribution in [-0.4, -0.2) is 53.8 Å². The normalized spacial score (nSPS) is 31.8. The first-order chi connectivity index (χ1) is 17.4. The summed E-state index contributed by atoms with van der Waals surface area (Å²) in [5.41, 5.74) is 3.21. The van der Waals surface area contributed by atoms with E-state index in [-0.39, 0.29) is 22.2 Å². The molecule has 0 amide bonds. The number of rotatable bonds is 2. The van der Waals surface area contributed by atoms with Gasteiger partial charge in [0.15, 0.2) is 0 Å². The smallest absolute Gasteiger partial charge is 0.272 e. The minimum absolute atomic E-state index is 0.0895. The molecule has 0 saturated carbocycles. The largest absolute Gasteiger partial charge is 0.335 e. The van der Waals surface area contributed by atoms with E-state index in [0.717, 1.165) is 0 Å². The van der Waals surface area contributed by atoms with Crippen LogP contribution in [0, 0.1) is 0 Å². The lowest BCUT2D eigenvalue weighted by Gasteiger charge is -2.83. The molecular weight excluding hydrogens is 537 g/mol. The zero-order valence-electron chi connectivity index (χ0n) is 25.5. The lowest BCUT2D eigenvalue weighted by Crippen LogP contribution is -2.96. The van der Waals surface area contributed by atoms with Gasteiger partial charge in [0.25, 0.3) is 0 Å². The van der Waals surface area contributed by atoms with E-state index in [1.54, 1.807) is 0 Å². The van der Waals surface area contributed by atoms with E-state index in [0.29, 0.717) is 12.3 Å². The molecule has 0 bridgehead atoms. The van der Waals surface area contributed by atoms with Crippen LogP contribution in [0.5, 0.6) is 0 Å². The SMILES string of the molecule is CC(C)(C)N1C(c2ccccc2)N(C(C)(C)C)[Si]12S[Si]1(S2)N(C(C)(C)C)C(c2ccccc2)N1C(C)(C)C. The van der Waals surface area contributed by atoms with Crippen molar-refractivity contribution in [2.75, 3.05) is 0 Å².